The molecule has 0 N–H and O–H groups in total. The number of carbonyl (C=O) groups is 1. The van der Waals surface area contributed by atoms with Gasteiger partial charge in [-0.3, -0.25) is 9.69 Å². The maximum Gasteiger partial charge on any atom is 0.241 e. The van der Waals surface area contributed by atoms with Crippen LogP contribution < -0.4 is 0 Å². The molecule has 6 heteroatoms. The highest BCUT2D eigenvalue weighted by Crippen LogP contribution is 2.24. The average Bonchev–Trinajstić information content (AvgIpc) is 3.34. The summed E-state index contributed by atoms with van der Waals surface area (Å²) in [7, 11) is 0. The molecule has 5 nitrogen and oxygen atoms in total. The number of carbonyl (C=O) groups excluding carboxylic acids is 1. The Morgan fingerprint density at radius 2 is 2.00 bits per heavy atom. The van der Waals surface area contributed by atoms with Gasteiger partial charge in [0.2, 0.25) is 11.7 Å². The molecule has 1 fully saturated rings. The number of aromatic nitrogens is 2. The summed E-state index contributed by atoms with van der Waals surface area (Å²) in [4.78, 5) is 19.3. The Hall–Kier alpha value is -2.31. The first kappa shape index (κ1) is 16.2. The van der Waals surface area contributed by atoms with Gasteiger partial charge in [0.05, 0.1) is 6.54 Å². The van der Waals surface area contributed by atoms with E-state index in [0.717, 1.165) is 37.1 Å². The van der Waals surface area contributed by atoms with Gasteiger partial charge in [0, 0.05) is 22.4 Å². The molecule has 3 aromatic rings. The molecule has 0 radical (unpaired) electrons. The quantitative estimate of drug-likeness (QED) is 0.651. The fraction of sp³-hybridized carbons (Fsp3) is 0.316. The summed E-state index contributed by atoms with van der Waals surface area (Å²) in [6.45, 7) is 2.39. The van der Waals surface area contributed by atoms with E-state index >= 15 is 0 Å². The lowest BCUT2D eigenvalue weighted by Gasteiger charge is -2.30. The highest BCUT2D eigenvalue weighted by Gasteiger charge is 2.26. The number of nitrogens with zero attached hydrogens (tertiary/aromatic N) is 3. The molecular weight excluding hydrogens is 334 g/mol. The van der Waals surface area contributed by atoms with Crippen molar-refractivity contribution in [1.29, 1.82) is 0 Å². The maximum atomic E-state index is 12.5. The zero-order chi connectivity index (χ0) is 17.1. The minimum absolute atomic E-state index is 0.114. The van der Waals surface area contributed by atoms with Crippen LogP contribution in [0.25, 0.3) is 11.4 Å². The van der Waals surface area contributed by atoms with E-state index in [2.05, 4.69) is 15.0 Å². The van der Waals surface area contributed by atoms with Crippen molar-refractivity contribution in [3.63, 3.8) is 0 Å². The van der Waals surface area contributed by atoms with Crippen molar-refractivity contribution < 1.29 is 9.32 Å². The number of rotatable bonds is 5. The molecule has 3 heterocycles. The highest BCUT2D eigenvalue weighted by atomic mass is 32.1. The molecule has 0 saturated carbocycles. The minimum Gasteiger partial charge on any atom is -0.338 e. The van der Waals surface area contributed by atoms with Crippen molar-refractivity contribution in [2.75, 3.05) is 13.1 Å². The number of hydrogen-bond acceptors (Lipinski definition) is 6. The van der Waals surface area contributed by atoms with E-state index in [1.807, 2.05) is 47.2 Å². The van der Waals surface area contributed by atoms with Crippen LogP contribution in [-0.2, 0) is 6.54 Å². The molecule has 0 aliphatic carbocycles. The Kier molecular flexibility index (Phi) is 4.72. The van der Waals surface area contributed by atoms with Gasteiger partial charge in [-0.1, -0.05) is 35.5 Å². The van der Waals surface area contributed by atoms with Crippen LogP contribution in [0.1, 0.15) is 29.1 Å². The van der Waals surface area contributed by atoms with Gasteiger partial charge >= 0.3 is 0 Å². The lowest BCUT2D eigenvalue weighted by molar-refractivity contribution is 0.0825. The van der Waals surface area contributed by atoms with E-state index < -0.39 is 0 Å². The highest BCUT2D eigenvalue weighted by molar-refractivity contribution is 7.08. The molecule has 0 bridgehead atoms. The smallest absolute Gasteiger partial charge is 0.241 e. The zero-order valence-corrected chi connectivity index (χ0v) is 14.6. The minimum atomic E-state index is 0.114. The van der Waals surface area contributed by atoms with Crippen molar-refractivity contribution in [2.45, 2.75) is 19.4 Å². The molecule has 0 unspecified atom stereocenters. The third kappa shape index (κ3) is 3.70. The predicted molar refractivity (Wildman–Crippen MR) is 96.4 cm³/mol. The lowest BCUT2D eigenvalue weighted by Crippen LogP contribution is -2.36. The van der Waals surface area contributed by atoms with Crippen LogP contribution in [0, 0.1) is 5.92 Å². The van der Waals surface area contributed by atoms with Crippen LogP contribution in [0.5, 0.6) is 0 Å². The van der Waals surface area contributed by atoms with E-state index in [4.69, 9.17) is 4.52 Å². The lowest BCUT2D eigenvalue weighted by atomic mass is 9.89. The SMILES string of the molecule is O=C(c1ccccc1)C1CCN(Cc2nc(-c3ccsc3)no2)CC1. The van der Waals surface area contributed by atoms with Crippen molar-refractivity contribution in [1.82, 2.24) is 15.0 Å². The first-order valence-corrected chi connectivity index (χ1v) is 9.40. The van der Waals surface area contributed by atoms with E-state index in [9.17, 15) is 4.79 Å². The molecule has 0 amide bonds. The maximum absolute atomic E-state index is 12.5. The summed E-state index contributed by atoms with van der Waals surface area (Å²) >= 11 is 1.62. The topological polar surface area (TPSA) is 59.2 Å². The van der Waals surface area contributed by atoms with Crippen molar-refractivity contribution in [3.8, 4) is 11.4 Å². The molecule has 1 aromatic carbocycles. The van der Waals surface area contributed by atoms with E-state index in [-0.39, 0.29) is 11.7 Å². The van der Waals surface area contributed by atoms with Crippen molar-refractivity contribution >= 4 is 17.1 Å². The number of benzene rings is 1. The average molecular weight is 353 g/mol. The second-order valence-corrected chi connectivity index (χ2v) is 7.08. The van der Waals surface area contributed by atoms with Gasteiger partial charge in [-0.25, -0.2) is 0 Å². The molecule has 1 aliphatic rings. The Bertz CT molecular complexity index is 821. The summed E-state index contributed by atoms with van der Waals surface area (Å²) in [6, 6.07) is 11.6. The molecule has 2 aromatic heterocycles. The third-order valence-corrected chi connectivity index (χ3v) is 5.31. The second kappa shape index (κ2) is 7.29. The van der Waals surface area contributed by atoms with Crippen LogP contribution in [0.15, 0.2) is 51.7 Å². The Balaban J connectivity index is 1.33. The Morgan fingerprint density at radius 1 is 1.20 bits per heavy atom. The van der Waals surface area contributed by atoms with E-state index in [0.29, 0.717) is 18.3 Å². The molecule has 1 saturated heterocycles. The van der Waals surface area contributed by atoms with Crippen LogP contribution in [0.4, 0.5) is 0 Å². The second-order valence-electron chi connectivity index (χ2n) is 6.30. The van der Waals surface area contributed by atoms with Gasteiger partial charge < -0.3 is 4.52 Å². The van der Waals surface area contributed by atoms with Gasteiger partial charge in [0.15, 0.2) is 5.78 Å². The predicted octanol–water partition coefficient (Wildman–Crippen LogP) is 3.89. The normalized spacial score (nSPS) is 16.2. The molecular formula is C19H19N3O2S. The van der Waals surface area contributed by atoms with Crippen LogP contribution in [-0.4, -0.2) is 33.9 Å². The molecule has 4 rings (SSSR count). The third-order valence-electron chi connectivity index (χ3n) is 4.62. The summed E-state index contributed by atoms with van der Waals surface area (Å²) in [5.74, 6) is 1.65. The Morgan fingerprint density at radius 3 is 2.72 bits per heavy atom. The van der Waals surface area contributed by atoms with Gasteiger partial charge in [-0.15, -0.1) is 0 Å². The van der Waals surface area contributed by atoms with E-state index in [1.165, 1.54) is 0 Å². The summed E-state index contributed by atoms with van der Waals surface area (Å²) < 4.78 is 5.37. The van der Waals surface area contributed by atoms with Gasteiger partial charge in [-0.2, -0.15) is 16.3 Å². The Labute approximate surface area is 150 Å². The molecule has 0 spiro atoms. The number of ketones is 1. The van der Waals surface area contributed by atoms with Crippen LogP contribution in [0.2, 0.25) is 0 Å². The van der Waals surface area contributed by atoms with Gasteiger partial charge in [-0.05, 0) is 37.4 Å². The molecule has 128 valence electrons. The number of Topliss-reactive ketones (excluding diaryl/α,β-unsaturated/α-hetero) is 1. The summed E-state index contributed by atoms with van der Waals surface area (Å²) in [5.41, 5.74) is 1.81. The van der Waals surface area contributed by atoms with Crippen LogP contribution >= 0.6 is 11.3 Å². The zero-order valence-electron chi connectivity index (χ0n) is 13.8. The number of piperidine rings is 1. The van der Waals surface area contributed by atoms with Crippen molar-refractivity contribution in [2.24, 2.45) is 5.92 Å². The fourth-order valence-electron chi connectivity index (χ4n) is 3.21. The van der Waals surface area contributed by atoms with Crippen molar-refractivity contribution in [3.05, 3.63) is 58.6 Å². The van der Waals surface area contributed by atoms with Gasteiger partial charge in [0.25, 0.3) is 0 Å². The largest absolute Gasteiger partial charge is 0.338 e. The standard InChI is InChI=1S/C19H19N3O2S/c23-18(14-4-2-1-3-5-14)15-6-9-22(10-7-15)12-17-20-19(21-24-17)16-8-11-25-13-16/h1-5,8,11,13,15H,6-7,9-10,12H2. The fourth-order valence-corrected chi connectivity index (χ4v) is 3.85. The molecule has 1 aliphatic heterocycles. The molecule has 25 heavy (non-hydrogen) atoms. The van der Waals surface area contributed by atoms with Crippen LogP contribution in [0.3, 0.4) is 0 Å². The first-order chi connectivity index (χ1) is 12.3. The van der Waals surface area contributed by atoms with Gasteiger partial charge in [0.1, 0.15) is 0 Å². The number of thiophene rings is 1. The summed E-state index contributed by atoms with van der Waals surface area (Å²) in [5, 5.41) is 8.06. The first-order valence-electron chi connectivity index (χ1n) is 8.46. The molecule has 0 atom stereocenters. The summed E-state index contributed by atoms with van der Waals surface area (Å²) in [6.07, 6.45) is 1.75. The monoisotopic (exact) mass is 353 g/mol. The van der Waals surface area contributed by atoms with E-state index in [1.54, 1.807) is 11.3 Å². The number of hydrogen-bond donors (Lipinski definition) is 0. The number of likely N-dealkylation sites (tertiary alicyclic amines) is 1.